The largest absolute Gasteiger partial charge is 2.00 e. The summed E-state index contributed by atoms with van der Waals surface area (Å²) in [7, 11) is 0. The molecule has 83 valence electrons. The van der Waals surface area contributed by atoms with Crippen LogP contribution < -0.4 is 9.97 Å². The zero-order valence-electron chi connectivity index (χ0n) is 8.85. The van der Waals surface area contributed by atoms with Gasteiger partial charge in [0.1, 0.15) is 0 Å². The first-order chi connectivity index (χ1) is 6.86. The number of hydrogen-bond acceptors (Lipinski definition) is 2. The van der Waals surface area contributed by atoms with Crippen molar-refractivity contribution in [2.75, 3.05) is 0 Å². The minimum Gasteiger partial charge on any atom is -0.446 e. The molecule has 2 heterocycles. The van der Waals surface area contributed by atoms with E-state index in [1.165, 1.54) is 0 Å². The molecule has 0 unspecified atom stereocenters. The molecule has 0 fully saturated rings. The van der Waals surface area contributed by atoms with E-state index in [1.807, 2.05) is 13.8 Å². The van der Waals surface area contributed by atoms with Crippen LogP contribution in [0.3, 0.4) is 0 Å². The average molecular weight is 249 g/mol. The van der Waals surface area contributed by atoms with Gasteiger partial charge in [0.05, 0.1) is 0 Å². The van der Waals surface area contributed by atoms with E-state index in [4.69, 9.17) is 0 Å². The molecule has 0 saturated carbocycles. The molecule has 0 amide bonds. The monoisotopic (exact) mass is 249 g/mol. The molecule has 0 aliphatic heterocycles. The summed E-state index contributed by atoms with van der Waals surface area (Å²) in [6.07, 6.45) is 8.70. The summed E-state index contributed by atoms with van der Waals surface area (Å²) < 4.78 is 0. The fraction of sp³-hybridized carbons (Fsp3) is 0.400. The molecule has 0 atom stereocenters. The molecule has 0 aliphatic rings. The van der Waals surface area contributed by atoms with Gasteiger partial charge in [-0.3, -0.25) is 0 Å². The van der Waals surface area contributed by atoms with Gasteiger partial charge in [0.15, 0.2) is 0 Å². The first-order valence-corrected chi connectivity index (χ1v) is 4.72. The second-order valence-electron chi connectivity index (χ2n) is 2.65. The van der Waals surface area contributed by atoms with Gasteiger partial charge in [-0.1, -0.05) is 50.3 Å². The number of imidazole rings is 2. The summed E-state index contributed by atoms with van der Waals surface area (Å²) in [5.41, 5.74) is 0. The van der Waals surface area contributed by atoms with Gasteiger partial charge in [0.25, 0.3) is 0 Å². The Labute approximate surface area is 100 Å². The predicted molar refractivity (Wildman–Crippen MR) is 53.9 cm³/mol. The molecule has 0 N–H and O–H groups in total. The van der Waals surface area contributed by atoms with E-state index in [-0.39, 0.29) is 16.8 Å². The summed E-state index contributed by atoms with van der Waals surface area (Å²) in [5, 5.41) is 0. The molecule has 1 radical (unpaired) electrons. The molecular formula is C10H14CoN4. The number of hydrogen-bond donors (Lipinski definition) is 0. The number of aryl methyl sites for hydroxylation is 2. The molecule has 4 nitrogen and oxygen atoms in total. The van der Waals surface area contributed by atoms with E-state index >= 15 is 0 Å². The van der Waals surface area contributed by atoms with Crippen LogP contribution in [0.5, 0.6) is 0 Å². The van der Waals surface area contributed by atoms with Gasteiger partial charge in [-0.05, 0) is 12.8 Å². The van der Waals surface area contributed by atoms with Crippen LogP contribution in [-0.2, 0) is 29.6 Å². The van der Waals surface area contributed by atoms with Crippen molar-refractivity contribution in [3.05, 3.63) is 36.4 Å². The Morgan fingerprint density at radius 1 is 0.933 bits per heavy atom. The maximum absolute atomic E-state index is 3.92. The summed E-state index contributed by atoms with van der Waals surface area (Å²) in [5.74, 6) is 1.86. The van der Waals surface area contributed by atoms with Gasteiger partial charge in [0.2, 0.25) is 0 Å². The number of rotatable bonds is 2. The fourth-order valence-corrected chi connectivity index (χ4v) is 0.909. The van der Waals surface area contributed by atoms with Crippen molar-refractivity contribution >= 4 is 0 Å². The summed E-state index contributed by atoms with van der Waals surface area (Å²) in [6.45, 7) is 4.07. The Bertz CT molecular complexity index is 281. The maximum Gasteiger partial charge on any atom is 2.00 e. The Morgan fingerprint density at radius 2 is 1.33 bits per heavy atom. The molecule has 0 aliphatic carbocycles. The molecule has 2 aromatic heterocycles. The van der Waals surface area contributed by atoms with E-state index in [1.54, 1.807) is 24.8 Å². The van der Waals surface area contributed by atoms with Crippen molar-refractivity contribution in [3.63, 3.8) is 0 Å². The summed E-state index contributed by atoms with van der Waals surface area (Å²) >= 11 is 0. The van der Waals surface area contributed by atoms with E-state index in [9.17, 15) is 0 Å². The third kappa shape index (κ3) is 5.39. The Kier molecular flexibility index (Phi) is 7.66. The van der Waals surface area contributed by atoms with Crippen molar-refractivity contribution < 1.29 is 16.8 Å². The topological polar surface area (TPSA) is 54.0 Å². The molecule has 2 aromatic rings. The van der Waals surface area contributed by atoms with Gasteiger partial charge < -0.3 is 19.9 Å². The fourth-order valence-electron chi connectivity index (χ4n) is 0.909. The average Bonchev–Trinajstić information content (AvgIpc) is 2.92. The van der Waals surface area contributed by atoms with Crippen LogP contribution in [0.4, 0.5) is 0 Å². The Balaban J connectivity index is 0.000000245. The van der Waals surface area contributed by atoms with Crippen molar-refractivity contribution in [1.82, 2.24) is 19.9 Å². The molecule has 15 heavy (non-hydrogen) atoms. The van der Waals surface area contributed by atoms with Crippen molar-refractivity contribution in [1.29, 1.82) is 0 Å². The molecular weight excluding hydrogens is 235 g/mol. The first-order valence-electron chi connectivity index (χ1n) is 4.72. The quantitative estimate of drug-likeness (QED) is 0.802. The number of nitrogens with zero attached hydrogens (tertiary/aromatic N) is 4. The van der Waals surface area contributed by atoms with Crippen LogP contribution in [0.25, 0.3) is 0 Å². The predicted octanol–water partition coefficient (Wildman–Crippen LogP) is 1.20. The van der Waals surface area contributed by atoms with Gasteiger partial charge in [0, 0.05) is 0 Å². The maximum atomic E-state index is 3.92. The summed E-state index contributed by atoms with van der Waals surface area (Å²) in [4.78, 5) is 15.7. The first kappa shape index (κ1) is 13.9. The van der Waals surface area contributed by atoms with Crippen LogP contribution in [0.15, 0.2) is 24.8 Å². The zero-order valence-corrected chi connectivity index (χ0v) is 9.89. The SMILES string of the molecule is CCc1ncc[n-]1.CCc1ncc[n-]1.[Co+2]. The van der Waals surface area contributed by atoms with Crippen LogP contribution in [0, 0.1) is 0 Å². The van der Waals surface area contributed by atoms with Crippen molar-refractivity contribution in [3.8, 4) is 0 Å². The summed E-state index contributed by atoms with van der Waals surface area (Å²) in [6, 6.07) is 0. The zero-order chi connectivity index (χ0) is 10.2. The van der Waals surface area contributed by atoms with Gasteiger partial charge in [-0.15, -0.1) is 0 Å². The second kappa shape index (κ2) is 8.25. The van der Waals surface area contributed by atoms with Crippen molar-refractivity contribution in [2.45, 2.75) is 26.7 Å². The van der Waals surface area contributed by atoms with Gasteiger partial charge >= 0.3 is 16.8 Å². The van der Waals surface area contributed by atoms with Gasteiger partial charge in [-0.2, -0.15) is 0 Å². The normalized spacial score (nSPS) is 8.67. The second-order valence-corrected chi connectivity index (χ2v) is 2.65. The minimum absolute atomic E-state index is 0. The smallest absolute Gasteiger partial charge is 0.446 e. The van der Waals surface area contributed by atoms with Crippen LogP contribution in [-0.4, -0.2) is 9.97 Å². The van der Waals surface area contributed by atoms with E-state index in [0.29, 0.717) is 0 Å². The standard InChI is InChI=1S/2C5H7N2.Co/c2*1-2-5-6-3-4-7-5;/h2*3-4H,2H2,1H3;/q2*-1;+2. The molecule has 0 aromatic carbocycles. The number of aromatic nitrogens is 4. The van der Waals surface area contributed by atoms with E-state index in [2.05, 4.69) is 19.9 Å². The minimum atomic E-state index is 0. The Morgan fingerprint density at radius 3 is 1.47 bits per heavy atom. The molecule has 0 saturated heterocycles. The van der Waals surface area contributed by atoms with Crippen molar-refractivity contribution in [2.24, 2.45) is 0 Å². The third-order valence-corrected chi connectivity index (χ3v) is 1.66. The third-order valence-electron chi connectivity index (χ3n) is 1.66. The Hall–Kier alpha value is -1.07. The molecule has 5 heteroatoms. The molecule has 0 bridgehead atoms. The van der Waals surface area contributed by atoms with E-state index < -0.39 is 0 Å². The van der Waals surface area contributed by atoms with Crippen LogP contribution >= 0.6 is 0 Å². The van der Waals surface area contributed by atoms with E-state index in [0.717, 1.165) is 24.5 Å². The van der Waals surface area contributed by atoms with Crippen LogP contribution in [0.2, 0.25) is 0 Å². The van der Waals surface area contributed by atoms with Crippen LogP contribution in [0.1, 0.15) is 25.5 Å². The molecule has 0 spiro atoms. The molecule has 2 rings (SSSR count). The van der Waals surface area contributed by atoms with Gasteiger partial charge in [-0.25, -0.2) is 0 Å².